The molecule has 0 amide bonds. The van der Waals surface area contributed by atoms with Crippen LogP contribution in [-0.2, 0) is 24.9 Å². The molecular formula is C30H35NO2. The van der Waals surface area contributed by atoms with Gasteiger partial charge in [-0.15, -0.1) is 0 Å². The SMILES string of the molecule is CCC[C@@]1(O)CC[C@@]2(Cc3ccccc3)c3ccc(OCc4ccccn4)cc3CC[C@@H]2C1. The van der Waals surface area contributed by atoms with Gasteiger partial charge in [-0.1, -0.05) is 55.8 Å². The minimum absolute atomic E-state index is 0.0917. The smallest absolute Gasteiger partial charge is 0.130 e. The third-order valence-electron chi connectivity index (χ3n) is 8.01. The summed E-state index contributed by atoms with van der Waals surface area (Å²) in [6, 6.07) is 23.6. The van der Waals surface area contributed by atoms with Crippen molar-refractivity contribution in [2.24, 2.45) is 5.92 Å². The van der Waals surface area contributed by atoms with E-state index in [9.17, 15) is 5.11 Å². The van der Waals surface area contributed by atoms with E-state index in [1.54, 1.807) is 0 Å². The lowest BCUT2D eigenvalue weighted by molar-refractivity contribution is -0.0565. The Morgan fingerprint density at radius 1 is 1.03 bits per heavy atom. The van der Waals surface area contributed by atoms with Gasteiger partial charge in [0, 0.05) is 11.6 Å². The van der Waals surface area contributed by atoms with Crippen LogP contribution in [0.5, 0.6) is 5.75 Å². The second kappa shape index (κ2) is 9.30. The molecule has 0 aliphatic heterocycles. The molecule has 2 aliphatic rings. The number of pyridine rings is 1. The van der Waals surface area contributed by atoms with E-state index in [1.807, 2.05) is 24.4 Å². The van der Waals surface area contributed by atoms with E-state index in [2.05, 4.69) is 60.4 Å². The average molecular weight is 442 g/mol. The average Bonchev–Trinajstić information content (AvgIpc) is 2.84. The zero-order chi connectivity index (χ0) is 22.7. The molecule has 3 nitrogen and oxygen atoms in total. The van der Waals surface area contributed by atoms with Crippen LogP contribution in [0.3, 0.4) is 0 Å². The number of rotatable bonds is 7. The molecule has 0 unspecified atom stereocenters. The molecule has 3 atom stereocenters. The highest BCUT2D eigenvalue weighted by molar-refractivity contribution is 5.45. The quantitative estimate of drug-likeness (QED) is 0.460. The van der Waals surface area contributed by atoms with E-state index in [0.717, 1.165) is 62.8 Å². The molecule has 1 heterocycles. The van der Waals surface area contributed by atoms with Crippen LogP contribution >= 0.6 is 0 Å². The van der Waals surface area contributed by atoms with Crippen molar-refractivity contribution in [3.05, 3.63) is 95.3 Å². The van der Waals surface area contributed by atoms with Crippen molar-refractivity contribution in [1.29, 1.82) is 0 Å². The van der Waals surface area contributed by atoms with Crippen molar-refractivity contribution in [2.75, 3.05) is 0 Å². The molecule has 3 heteroatoms. The minimum Gasteiger partial charge on any atom is -0.487 e. The largest absolute Gasteiger partial charge is 0.487 e. The fourth-order valence-electron chi connectivity index (χ4n) is 6.45. The van der Waals surface area contributed by atoms with Crippen LogP contribution in [-0.4, -0.2) is 15.7 Å². The van der Waals surface area contributed by atoms with Gasteiger partial charge in [0.25, 0.3) is 0 Å². The predicted molar refractivity (Wildman–Crippen MR) is 132 cm³/mol. The van der Waals surface area contributed by atoms with E-state index in [1.165, 1.54) is 16.7 Å². The van der Waals surface area contributed by atoms with E-state index in [0.29, 0.717) is 12.5 Å². The number of benzene rings is 2. The summed E-state index contributed by atoms with van der Waals surface area (Å²) in [4.78, 5) is 4.37. The molecule has 1 aromatic heterocycles. The lowest BCUT2D eigenvalue weighted by Gasteiger charge is -2.53. The number of ether oxygens (including phenoxy) is 1. The molecule has 1 fully saturated rings. The Labute approximate surface area is 197 Å². The van der Waals surface area contributed by atoms with E-state index in [-0.39, 0.29) is 5.41 Å². The zero-order valence-corrected chi connectivity index (χ0v) is 19.7. The first kappa shape index (κ1) is 22.2. The minimum atomic E-state index is -0.497. The van der Waals surface area contributed by atoms with Gasteiger partial charge in [-0.2, -0.15) is 0 Å². The van der Waals surface area contributed by atoms with Gasteiger partial charge >= 0.3 is 0 Å². The normalized spacial score (nSPS) is 26.3. The first-order chi connectivity index (χ1) is 16.1. The third kappa shape index (κ3) is 4.56. The first-order valence-corrected chi connectivity index (χ1v) is 12.5. The van der Waals surface area contributed by atoms with Crippen LogP contribution in [0.1, 0.15) is 67.8 Å². The maximum atomic E-state index is 11.3. The number of aliphatic hydroxyl groups is 1. The van der Waals surface area contributed by atoms with Gasteiger partial charge in [-0.25, -0.2) is 0 Å². The number of hydrogen-bond donors (Lipinski definition) is 1. The fourth-order valence-corrected chi connectivity index (χ4v) is 6.45. The van der Waals surface area contributed by atoms with Crippen LogP contribution in [0.4, 0.5) is 0 Å². The maximum Gasteiger partial charge on any atom is 0.130 e. The van der Waals surface area contributed by atoms with Crippen molar-refractivity contribution in [3.8, 4) is 5.75 Å². The fraction of sp³-hybridized carbons (Fsp3) is 0.433. The van der Waals surface area contributed by atoms with Crippen molar-refractivity contribution in [3.63, 3.8) is 0 Å². The van der Waals surface area contributed by atoms with Crippen LogP contribution in [0, 0.1) is 5.92 Å². The zero-order valence-electron chi connectivity index (χ0n) is 19.7. The summed E-state index contributed by atoms with van der Waals surface area (Å²) < 4.78 is 6.11. The number of aryl methyl sites for hydroxylation is 1. The van der Waals surface area contributed by atoms with Gasteiger partial charge in [-0.3, -0.25) is 4.98 Å². The molecule has 33 heavy (non-hydrogen) atoms. The van der Waals surface area contributed by atoms with Crippen molar-refractivity contribution >= 4 is 0 Å². The molecule has 5 rings (SSSR count). The summed E-state index contributed by atoms with van der Waals surface area (Å²) in [7, 11) is 0. The highest BCUT2D eigenvalue weighted by Gasteiger charge is 2.51. The summed E-state index contributed by atoms with van der Waals surface area (Å²) in [5.41, 5.74) is 4.83. The summed E-state index contributed by atoms with van der Waals surface area (Å²) in [5, 5.41) is 11.3. The van der Waals surface area contributed by atoms with Gasteiger partial charge in [0.1, 0.15) is 12.4 Å². The highest BCUT2D eigenvalue weighted by atomic mass is 16.5. The van der Waals surface area contributed by atoms with Gasteiger partial charge < -0.3 is 9.84 Å². The molecule has 172 valence electrons. The molecule has 0 saturated heterocycles. The molecule has 2 aromatic carbocycles. The molecule has 2 aliphatic carbocycles. The Bertz CT molecular complexity index is 1070. The Morgan fingerprint density at radius 2 is 1.88 bits per heavy atom. The molecule has 0 bridgehead atoms. The number of nitrogens with zero attached hydrogens (tertiary/aromatic N) is 1. The lowest BCUT2D eigenvalue weighted by atomic mass is 9.52. The molecule has 3 aromatic rings. The first-order valence-electron chi connectivity index (χ1n) is 12.5. The number of aromatic nitrogens is 1. The standard InChI is InChI=1S/C30H35NO2/c1-2-15-29(32)16-17-30(20-23-8-4-3-5-9-23)25(21-29)12-11-24-19-27(13-14-28(24)30)33-22-26-10-6-7-18-31-26/h3-10,13-14,18-19,25,32H,2,11-12,15-17,20-22H2,1H3/t25-,29-,30+/m1/s1. The van der Waals surface area contributed by atoms with Gasteiger partial charge in [0.05, 0.1) is 11.3 Å². The summed E-state index contributed by atoms with van der Waals surface area (Å²) in [6.45, 7) is 2.67. The molecular weight excluding hydrogens is 406 g/mol. The van der Waals surface area contributed by atoms with Crippen molar-refractivity contribution in [1.82, 2.24) is 4.98 Å². The van der Waals surface area contributed by atoms with Crippen LogP contribution < -0.4 is 4.74 Å². The van der Waals surface area contributed by atoms with E-state index in [4.69, 9.17) is 4.74 Å². The van der Waals surface area contributed by atoms with Gasteiger partial charge in [-0.05, 0) is 91.8 Å². The van der Waals surface area contributed by atoms with E-state index < -0.39 is 5.60 Å². The molecule has 1 N–H and O–H groups in total. The molecule has 1 saturated carbocycles. The van der Waals surface area contributed by atoms with Crippen LogP contribution in [0.15, 0.2) is 72.9 Å². The number of fused-ring (bicyclic) bond motifs is 3. The van der Waals surface area contributed by atoms with E-state index >= 15 is 0 Å². The highest BCUT2D eigenvalue weighted by Crippen LogP contribution is 2.55. The summed E-state index contributed by atoms with van der Waals surface area (Å²) >= 11 is 0. The second-order valence-electron chi connectivity index (χ2n) is 10.2. The lowest BCUT2D eigenvalue weighted by Crippen LogP contribution is -2.51. The Morgan fingerprint density at radius 3 is 2.67 bits per heavy atom. The molecule has 0 radical (unpaired) electrons. The number of hydrogen-bond acceptors (Lipinski definition) is 3. The summed E-state index contributed by atoms with van der Waals surface area (Å²) in [5.74, 6) is 1.43. The Kier molecular flexibility index (Phi) is 6.25. The third-order valence-corrected chi connectivity index (χ3v) is 8.01. The predicted octanol–water partition coefficient (Wildman–Crippen LogP) is 6.42. The monoisotopic (exact) mass is 441 g/mol. The van der Waals surface area contributed by atoms with Crippen molar-refractivity contribution < 1.29 is 9.84 Å². The van der Waals surface area contributed by atoms with Crippen molar-refractivity contribution in [2.45, 2.75) is 75.9 Å². The van der Waals surface area contributed by atoms with Crippen LogP contribution in [0.25, 0.3) is 0 Å². The Balaban J connectivity index is 1.45. The maximum absolute atomic E-state index is 11.3. The Hall–Kier alpha value is -2.65. The van der Waals surface area contributed by atoms with Gasteiger partial charge in [0.2, 0.25) is 0 Å². The van der Waals surface area contributed by atoms with Crippen LogP contribution in [0.2, 0.25) is 0 Å². The summed E-state index contributed by atoms with van der Waals surface area (Å²) in [6.07, 6.45) is 9.86. The second-order valence-corrected chi connectivity index (χ2v) is 10.2. The van der Waals surface area contributed by atoms with Gasteiger partial charge in [0.15, 0.2) is 0 Å². The topological polar surface area (TPSA) is 42.4 Å². The molecule has 0 spiro atoms.